The quantitative estimate of drug-likeness (QED) is 0.841. The lowest BCUT2D eigenvalue weighted by Crippen LogP contribution is -2.41. The van der Waals surface area contributed by atoms with Crippen molar-refractivity contribution in [1.82, 2.24) is 0 Å². The van der Waals surface area contributed by atoms with Gasteiger partial charge in [0.2, 0.25) is 9.84 Å². The lowest BCUT2D eigenvalue weighted by Gasteiger charge is -2.33. The van der Waals surface area contributed by atoms with Crippen LogP contribution in [0.2, 0.25) is 0 Å². The maximum Gasteiger partial charge on any atom is 0.206 e. The third kappa shape index (κ3) is 3.16. The fraction of sp³-hybridized carbons (Fsp3) is 0.211. The van der Waals surface area contributed by atoms with Crippen LogP contribution in [0.15, 0.2) is 76.5 Å². The lowest BCUT2D eigenvalue weighted by molar-refractivity contribution is -0.185. The minimum atomic E-state index is -3.60. The fourth-order valence-electron chi connectivity index (χ4n) is 2.68. The van der Waals surface area contributed by atoms with Crippen molar-refractivity contribution >= 4 is 15.6 Å². The van der Waals surface area contributed by atoms with Gasteiger partial charge in [-0.1, -0.05) is 30.3 Å². The van der Waals surface area contributed by atoms with E-state index in [1.807, 2.05) is 0 Å². The average Bonchev–Trinajstić information content (AvgIpc) is 2.65. The number of hydrogen-bond donors (Lipinski definition) is 0. The van der Waals surface area contributed by atoms with Crippen LogP contribution in [0.4, 0.5) is 0 Å². The van der Waals surface area contributed by atoms with Crippen LogP contribution < -0.4 is 0 Å². The van der Waals surface area contributed by atoms with Gasteiger partial charge in [-0.3, -0.25) is 4.79 Å². The largest absolute Gasteiger partial charge is 0.352 e. The highest BCUT2D eigenvalue weighted by molar-refractivity contribution is 7.91. The number of sulfone groups is 1. The van der Waals surface area contributed by atoms with Crippen molar-refractivity contribution in [2.24, 2.45) is 0 Å². The molecule has 0 fully saturated rings. The first-order valence-corrected chi connectivity index (χ1v) is 9.20. The lowest BCUT2D eigenvalue weighted by atomic mass is 9.89. The number of benzene rings is 2. The third-order valence-corrected chi connectivity index (χ3v) is 6.01. The monoisotopic (exact) mass is 358 g/mol. The molecule has 1 aliphatic heterocycles. The zero-order chi connectivity index (χ0) is 18.1. The summed E-state index contributed by atoms with van der Waals surface area (Å²) in [5.41, 5.74) is -0.652. The van der Waals surface area contributed by atoms with Crippen LogP contribution in [-0.4, -0.2) is 27.6 Å². The summed E-state index contributed by atoms with van der Waals surface area (Å²) in [7, 11) is -2.11. The van der Waals surface area contributed by atoms with Gasteiger partial charge in [0, 0.05) is 7.11 Å². The maximum absolute atomic E-state index is 12.6. The van der Waals surface area contributed by atoms with Crippen molar-refractivity contribution in [2.45, 2.75) is 28.6 Å². The Kier molecular flexibility index (Phi) is 4.60. The first-order valence-electron chi connectivity index (χ1n) is 7.72. The molecular formula is C19H18O5S. The van der Waals surface area contributed by atoms with Crippen LogP contribution in [0.25, 0.3) is 0 Å². The summed E-state index contributed by atoms with van der Waals surface area (Å²) < 4.78 is 36.1. The predicted octanol–water partition coefficient (Wildman–Crippen LogP) is 2.86. The normalized spacial score (nSPS) is 23.6. The molecule has 2 aromatic carbocycles. The second-order valence-corrected chi connectivity index (χ2v) is 7.77. The van der Waals surface area contributed by atoms with E-state index < -0.39 is 21.7 Å². The Morgan fingerprint density at radius 2 is 1.60 bits per heavy atom. The third-order valence-electron chi connectivity index (χ3n) is 4.23. The van der Waals surface area contributed by atoms with Crippen molar-refractivity contribution in [3.05, 3.63) is 72.3 Å². The summed E-state index contributed by atoms with van der Waals surface area (Å²) in [5, 5.41) is 0. The van der Waals surface area contributed by atoms with E-state index in [2.05, 4.69) is 0 Å². The van der Waals surface area contributed by atoms with Gasteiger partial charge in [0.1, 0.15) is 0 Å². The molecule has 2 aromatic rings. The minimum Gasteiger partial charge on any atom is -0.352 e. The van der Waals surface area contributed by atoms with Gasteiger partial charge in [0.15, 0.2) is 17.7 Å². The molecule has 1 aliphatic rings. The van der Waals surface area contributed by atoms with E-state index in [0.29, 0.717) is 5.56 Å². The van der Waals surface area contributed by atoms with Crippen LogP contribution in [-0.2, 0) is 29.7 Å². The number of rotatable bonds is 4. The summed E-state index contributed by atoms with van der Waals surface area (Å²) in [6.07, 6.45) is 2.33. The Bertz CT molecular complexity index is 901. The maximum atomic E-state index is 12.6. The van der Waals surface area contributed by atoms with Gasteiger partial charge in [0.05, 0.1) is 9.79 Å². The molecule has 5 nitrogen and oxygen atoms in total. The highest BCUT2D eigenvalue weighted by Gasteiger charge is 2.39. The second kappa shape index (κ2) is 6.55. The first kappa shape index (κ1) is 17.5. The molecule has 0 saturated carbocycles. The molecule has 0 radical (unpaired) electrons. The number of methoxy groups -OCH3 is 1. The minimum absolute atomic E-state index is 0.160. The van der Waals surface area contributed by atoms with Crippen molar-refractivity contribution in [2.75, 3.05) is 7.11 Å². The van der Waals surface area contributed by atoms with E-state index >= 15 is 0 Å². The molecule has 0 saturated heterocycles. The van der Waals surface area contributed by atoms with Gasteiger partial charge in [-0.15, -0.1) is 0 Å². The molecule has 3 rings (SSSR count). The van der Waals surface area contributed by atoms with Gasteiger partial charge in [-0.2, -0.15) is 0 Å². The first-order chi connectivity index (χ1) is 11.9. The number of carbonyl (C=O) groups excluding carboxylic acids is 1. The smallest absolute Gasteiger partial charge is 0.206 e. The molecule has 130 valence electrons. The van der Waals surface area contributed by atoms with Crippen molar-refractivity contribution in [3.63, 3.8) is 0 Å². The fourth-order valence-corrected chi connectivity index (χ4v) is 3.96. The molecule has 0 aromatic heterocycles. The molecule has 0 spiro atoms. The number of carbonyl (C=O) groups is 1. The molecule has 0 bridgehead atoms. The highest BCUT2D eigenvalue weighted by atomic mass is 32.2. The second-order valence-electron chi connectivity index (χ2n) is 5.82. The van der Waals surface area contributed by atoms with Crippen LogP contribution in [0.5, 0.6) is 0 Å². The van der Waals surface area contributed by atoms with Gasteiger partial charge in [-0.05, 0) is 48.9 Å². The van der Waals surface area contributed by atoms with Crippen LogP contribution >= 0.6 is 0 Å². The Morgan fingerprint density at radius 3 is 2.20 bits per heavy atom. The van der Waals surface area contributed by atoms with E-state index in [1.54, 1.807) is 49.4 Å². The number of ketones is 1. The number of hydrogen-bond acceptors (Lipinski definition) is 5. The van der Waals surface area contributed by atoms with Gasteiger partial charge < -0.3 is 9.47 Å². The molecule has 0 amide bonds. The van der Waals surface area contributed by atoms with Crippen LogP contribution in [0.3, 0.4) is 0 Å². The Morgan fingerprint density at radius 1 is 1.00 bits per heavy atom. The molecule has 2 atom stereocenters. The summed E-state index contributed by atoms with van der Waals surface area (Å²) in [6.45, 7) is 1.64. The molecule has 6 heteroatoms. The summed E-state index contributed by atoms with van der Waals surface area (Å²) in [6, 6.07) is 14.4. The Hall–Kier alpha value is -2.28. The van der Waals surface area contributed by atoms with E-state index in [4.69, 9.17) is 9.47 Å². The molecule has 0 aliphatic carbocycles. The Labute approximate surface area is 146 Å². The van der Waals surface area contributed by atoms with Crippen LogP contribution in [0.1, 0.15) is 12.5 Å². The van der Waals surface area contributed by atoms with Gasteiger partial charge in [-0.25, -0.2) is 8.42 Å². The predicted molar refractivity (Wildman–Crippen MR) is 91.7 cm³/mol. The summed E-state index contributed by atoms with van der Waals surface area (Å²) in [5.74, 6) is -0.223. The average molecular weight is 358 g/mol. The van der Waals surface area contributed by atoms with E-state index in [1.165, 1.54) is 31.4 Å². The standard InChI is InChI=1S/C19H18O5S/c1-19(17(20)12-13-18(23-2)24-19)14-8-10-16(11-9-14)25(21,22)15-6-4-3-5-7-15/h3-13,18H,1-2H3/t18-,19+/m0/s1. The van der Waals surface area contributed by atoms with E-state index in [0.717, 1.165) is 0 Å². The Balaban J connectivity index is 1.96. The van der Waals surface area contributed by atoms with E-state index in [9.17, 15) is 13.2 Å². The molecule has 0 N–H and O–H groups in total. The topological polar surface area (TPSA) is 69.7 Å². The molecular weight excluding hydrogens is 340 g/mol. The molecule has 1 heterocycles. The SMILES string of the molecule is CO[C@@H]1C=CC(=O)[C@@](C)(c2ccc(S(=O)(=O)c3ccccc3)cc2)O1. The zero-order valence-corrected chi connectivity index (χ0v) is 14.7. The zero-order valence-electron chi connectivity index (χ0n) is 13.9. The van der Waals surface area contributed by atoms with Crippen molar-refractivity contribution < 1.29 is 22.7 Å². The van der Waals surface area contributed by atoms with E-state index in [-0.39, 0.29) is 15.6 Å². The highest BCUT2D eigenvalue weighted by Crippen LogP contribution is 2.33. The van der Waals surface area contributed by atoms with Gasteiger partial charge in [0.25, 0.3) is 0 Å². The summed E-state index contributed by atoms with van der Waals surface area (Å²) >= 11 is 0. The van der Waals surface area contributed by atoms with Gasteiger partial charge >= 0.3 is 0 Å². The summed E-state index contributed by atoms with van der Waals surface area (Å²) in [4.78, 5) is 12.7. The van der Waals surface area contributed by atoms with Crippen LogP contribution in [0, 0.1) is 0 Å². The van der Waals surface area contributed by atoms with Crippen molar-refractivity contribution in [3.8, 4) is 0 Å². The van der Waals surface area contributed by atoms with Crippen molar-refractivity contribution in [1.29, 1.82) is 0 Å². The molecule has 0 unspecified atom stereocenters. The number of ether oxygens (including phenoxy) is 2. The molecule has 25 heavy (non-hydrogen) atoms.